The van der Waals surface area contributed by atoms with Crippen LogP contribution in [-0.2, 0) is 0 Å². The molecule has 2 heterocycles. The average Bonchev–Trinajstić information content (AvgIpc) is 3.94. The van der Waals surface area contributed by atoms with Crippen LogP contribution in [-0.4, -0.2) is 4.57 Å². The number of nitrogens with zero attached hydrogens (tertiary/aromatic N) is 3. The molecule has 4 nitrogen and oxygen atoms in total. The number of aromatic nitrogens is 1. The molecule has 0 aliphatic carbocycles. The van der Waals surface area contributed by atoms with Gasteiger partial charge in [0.05, 0.1) is 28.1 Å². The summed E-state index contributed by atoms with van der Waals surface area (Å²) in [4.78, 5) is 4.75. The lowest BCUT2D eigenvalue weighted by Gasteiger charge is -2.27. The summed E-state index contributed by atoms with van der Waals surface area (Å²) in [5.74, 6) is 0. The normalized spacial score (nSPS) is 11.6. The lowest BCUT2D eigenvalue weighted by molar-refractivity contribution is 0.669. The molecule has 0 saturated carbocycles. The maximum Gasteiger partial charge on any atom is 0.159 e. The largest absolute Gasteiger partial charge is 0.454 e. The third-order valence-electron chi connectivity index (χ3n) is 13.2. The number of anilines is 6. The highest BCUT2D eigenvalue weighted by Gasteiger charge is 2.22. The van der Waals surface area contributed by atoms with E-state index in [2.05, 4.69) is 251 Å². The molecule has 0 fully saturated rings. The third-order valence-corrected chi connectivity index (χ3v) is 13.2. The van der Waals surface area contributed by atoms with Crippen molar-refractivity contribution in [1.82, 2.24) is 4.57 Å². The standard InChI is InChI=1S/C62H41N3O/c1-2-19-46(20-3-1)64-58-26-10-8-23-52(58)55-41-49(39-40-59(55)64)63(56-27-12-17-44-15-4-6-21-50(44)56)47-35-31-42(32-36-47)43-33-37-48(38-34-43)65(57-28-13-18-45-16-5-7-22-51(45)57)60-29-14-25-54-53-24-9-11-30-61(53)66-62(54)60/h1-41H. The van der Waals surface area contributed by atoms with Gasteiger partial charge in [0.2, 0.25) is 0 Å². The summed E-state index contributed by atoms with van der Waals surface area (Å²) in [5, 5.41) is 9.40. The Labute approximate surface area is 382 Å². The Morgan fingerprint density at radius 2 is 0.788 bits per heavy atom. The minimum atomic E-state index is 0.864. The summed E-state index contributed by atoms with van der Waals surface area (Å²) in [6.07, 6.45) is 0. The highest BCUT2D eigenvalue weighted by Crippen LogP contribution is 2.46. The quantitative estimate of drug-likeness (QED) is 0.152. The lowest BCUT2D eigenvalue weighted by atomic mass is 10.0. The van der Waals surface area contributed by atoms with Crippen LogP contribution in [0.5, 0.6) is 0 Å². The molecule has 0 unspecified atom stereocenters. The highest BCUT2D eigenvalue weighted by atomic mass is 16.3. The second-order valence-corrected chi connectivity index (χ2v) is 16.9. The Bertz CT molecular complexity index is 3930. The Balaban J connectivity index is 0.918. The van der Waals surface area contributed by atoms with Crippen LogP contribution >= 0.6 is 0 Å². The molecule has 0 aliphatic heterocycles. The van der Waals surface area contributed by atoms with Gasteiger partial charge in [-0.1, -0.05) is 164 Å². The van der Waals surface area contributed by atoms with Gasteiger partial charge >= 0.3 is 0 Å². The molecule has 0 aliphatic rings. The van der Waals surface area contributed by atoms with Crippen LogP contribution in [0.4, 0.5) is 34.1 Å². The van der Waals surface area contributed by atoms with Crippen LogP contribution in [0.15, 0.2) is 253 Å². The van der Waals surface area contributed by atoms with E-state index in [4.69, 9.17) is 4.42 Å². The fourth-order valence-electron chi connectivity index (χ4n) is 10.1. The van der Waals surface area contributed by atoms with E-state index >= 15 is 0 Å². The first-order chi connectivity index (χ1) is 32.7. The zero-order valence-corrected chi connectivity index (χ0v) is 35.9. The van der Waals surface area contributed by atoms with E-state index in [1.807, 2.05) is 12.1 Å². The summed E-state index contributed by atoms with van der Waals surface area (Å²) in [5.41, 5.74) is 14.0. The summed E-state index contributed by atoms with van der Waals surface area (Å²) >= 11 is 0. The molecule has 0 N–H and O–H groups in total. The lowest BCUT2D eigenvalue weighted by Crippen LogP contribution is -2.11. The van der Waals surface area contributed by atoms with Gasteiger partial charge in [-0.05, 0) is 107 Å². The molecule has 310 valence electrons. The second kappa shape index (κ2) is 15.4. The average molecular weight is 844 g/mol. The van der Waals surface area contributed by atoms with Crippen molar-refractivity contribution in [3.8, 4) is 16.8 Å². The molecule has 0 saturated heterocycles. The number of hydrogen-bond donors (Lipinski definition) is 0. The zero-order chi connectivity index (χ0) is 43.6. The van der Waals surface area contributed by atoms with Gasteiger partial charge in [0.25, 0.3) is 0 Å². The zero-order valence-electron chi connectivity index (χ0n) is 35.9. The molecule has 0 atom stereocenters. The fraction of sp³-hybridized carbons (Fsp3) is 0. The Hall–Kier alpha value is -8.86. The van der Waals surface area contributed by atoms with Gasteiger partial charge in [0, 0.05) is 55.1 Å². The molecule has 13 aromatic rings. The van der Waals surface area contributed by atoms with E-state index in [9.17, 15) is 0 Å². The maximum atomic E-state index is 6.64. The third kappa shape index (κ3) is 6.15. The van der Waals surface area contributed by atoms with Crippen molar-refractivity contribution in [3.05, 3.63) is 249 Å². The molecule has 0 amide bonds. The van der Waals surface area contributed by atoms with Crippen molar-refractivity contribution >= 4 is 99.4 Å². The smallest absolute Gasteiger partial charge is 0.159 e. The Morgan fingerprint density at radius 3 is 1.48 bits per heavy atom. The van der Waals surface area contributed by atoms with Gasteiger partial charge < -0.3 is 18.8 Å². The number of benzene rings is 11. The van der Waals surface area contributed by atoms with E-state index in [1.165, 1.54) is 43.4 Å². The maximum absolute atomic E-state index is 6.64. The topological polar surface area (TPSA) is 24.6 Å². The fourth-order valence-corrected chi connectivity index (χ4v) is 10.1. The first kappa shape index (κ1) is 37.7. The van der Waals surface area contributed by atoms with Gasteiger partial charge in [-0.25, -0.2) is 0 Å². The highest BCUT2D eigenvalue weighted by molar-refractivity contribution is 6.13. The van der Waals surface area contributed by atoms with Gasteiger partial charge in [-0.3, -0.25) is 0 Å². The predicted octanol–water partition coefficient (Wildman–Crippen LogP) is 17.6. The molecule has 0 bridgehead atoms. The first-order valence-electron chi connectivity index (χ1n) is 22.5. The Kier molecular flexibility index (Phi) is 8.81. The van der Waals surface area contributed by atoms with Crippen LogP contribution in [0.2, 0.25) is 0 Å². The summed E-state index contributed by atoms with van der Waals surface area (Å²) in [6, 6.07) is 89.4. The van der Waals surface area contributed by atoms with Crippen molar-refractivity contribution in [2.24, 2.45) is 0 Å². The first-order valence-corrected chi connectivity index (χ1v) is 22.5. The van der Waals surface area contributed by atoms with Crippen LogP contribution in [0.1, 0.15) is 0 Å². The molecule has 0 radical (unpaired) electrons. The van der Waals surface area contributed by atoms with E-state index in [-0.39, 0.29) is 0 Å². The number of para-hydroxylation sites is 4. The van der Waals surface area contributed by atoms with Crippen molar-refractivity contribution in [2.75, 3.05) is 9.80 Å². The minimum absolute atomic E-state index is 0.864. The molecule has 4 heteroatoms. The van der Waals surface area contributed by atoms with Crippen molar-refractivity contribution in [2.45, 2.75) is 0 Å². The number of furan rings is 1. The summed E-state index contributed by atoms with van der Waals surface area (Å²) in [6.45, 7) is 0. The van der Waals surface area contributed by atoms with Gasteiger partial charge in [-0.2, -0.15) is 0 Å². The Morgan fingerprint density at radius 1 is 0.303 bits per heavy atom. The van der Waals surface area contributed by atoms with Crippen LogP contribution in [0, 0.1) is 0 Å². The number of hydrogen-bond acceptors (Lipinski definition) is 3. The van der Waals surface area contributed by atoms with Crippen molar-refractivity contribution < 1.29 is 4.42 Å². The SMILES string of the molecule is c1ccc(-n2c3ccccc3c3cc(N(c4ccc(-c5ccc(N(c6cccc7ccccc67)c6cccc7c6oc6ccccc67)cc5)cc4)c4cccc5ccccc45)ccc32)cc1. The van der Waals surface area contributed by atoms with E-state index in [0.717, 1.165) is 72.9 Å². The molecular weight excluding hydrogens is 803 g/mol. The molecule has 66 heavy (non-hydrogen) atoms. The molecule has 13 rings (SSSR count). The van der Waals surface area contributed by atoms with E-state index in [0.29, 0.717) is 0 Å². The molecule has 11 aromatic carbocycles. The number of rotatable bonds is 8. The molecular formula is C62H41N3O. The van der Waals surface area contributed by atoms with E-state index in [1.54, 1.807) is 0 Å². The van der Waals surface area contributed by atoms with Crippen molar-refractivity contribution in [1.29, 1.82) is 0 Å². The van der Waals surface area contributed by atoms with Gasteiger partial charge in [0.15, 0.2) is 5.58 Å². The van der Waals surface area contributed by atoms with E-state index < -0.39 is 0 Å². The monoisotopic (exact) mass is 843 g/mol. The summed E-state index contributed by atoms with van der Waals surface area (Å²) in [7, 11) is 0. The van der Waals surface area contributed by atoms with Crippen LogP contribution in [0.25, 0.3) is 82.1 Å². The predicted molar refractivity (Wildman–Crippen MR) is 278 cm³/mol. The molecule has 2 aromatic heterocycles. The van der Waals surface area contributed by atoms with Crippen LogP contribution < -0.4 is 9.80 Å². The van der Waals surface area contributed by atoms with Gasteiger partial charge in [-0.15, -0.1) is 0 Å². The van der Waals surface area contributed by atoms with Gasteiger partial charge in [0.1, 0.15) is 5.58 Å². The minimum Gasteiger partial charge on any atom is -0.454 e. The molecule has 0 spiro atoms. The van der Waals surface area contributed by atoms with Crippen molar-refractivity contribution in [3.63, 3.8) is 0 Å². The summed E-state index contributed by atoms with van der Waals surface area (Å²) < 4.78 is 9.02. The van der Waals surface area contributed by atoms with Crippen LogP contribution in [0.3, 0.4) is 0 Å². The number of fused-ring (bicyclic) bond motifs is 8. The second-order valence-electron chi connectivity index (χ2n) is 16.9.